The molecule has 1 aliphatic heterocycles. The molecule has 0 radical (unpaired) electrons. The summed E-state index contributed by atoms with van der Waals surface area (Å²) in [7, 11) is 1.56. The second-order valence-electron chi connectivity index (χ2n) is 9.62. The van der Waals surface area contributed by atoms with Gasteiger partial charge in [-0.05, 0) is 73.2 Å². The van der Waals surface area contributed by atoms with Crippen molar-refractivity contribution in [1.29, 1.82) is 0 Å². The van der Waals surface area contributed by atoms with Crippen LogP contribution in [0.1, 0.15) is 48.7 Å². The van der Waals surface area contributed by atoms with E-state index in [4.69, 9.17) is 26.8 Å². The first-order valence-corrected chi connectivity index (χ1v) is 13.0. The quantitative estimate of drug-likeness (QED) is 0.427. The van der Waals surface area contributed by atoms with E-state index in [0.29, 0.717) is 40.1 Å². The molecule has 2 amide bonds. The van der Waals surface area contributed by atoms with E-state index in [1.165, 1.54) is 22.8 Å². The maximum atomic E-state index is 13.5. The lowest BCUT2D eigenvalue weighted by Crippen LogP contribution is -2.35. The standard InChI is InChI=1S/C29H32ClN3O5/c1-4-18-12-20-5-8-21(30)13-23(20)24-14-27(34)33(15-26(24)38-16-18)25(11-17(2)37-3)29(36)32-22-9-6-19(7-10-22)28(31)35/h5-10,13-15,17-18,25H,4,11-12,16H2,1-3H3,(H2,31,35)(H,32,36)/t17-,18+,25-/m0/s1. The molecular weight excluding hydrogens is 506 g/mol. The minimum atomic E-state index is -0.881. The molecule has 2 heterocycles. The molecule has 2 aromatic carbocycles. The van der Waals surface area contributed by atoms with E-state index in [1.807, 2.05) is 25.1 Å². The molecule has 200 valence electrons. The molecule has 8 nitrogen and oxygen atoms in total. The second kappa shape index (κ2) is 11.8. The van der Waals surface area contributed by atoms with Gasteiger partial charge in [0.2, 0.25) is 11.8 Å². The fourth-order valence-corrected chi connectivity index (χ4v) is 4.79. The first kappa shape index (κ1) is 27.4. The molecule has 0 unspecified atom stereocenters. The molecule has 0 bridgehead atoms. The summed E-state index contributed by atoms with van der Waals surface area (Å²) in [6.45, 7) is 4.44. The zero-order valence-electron chi connectivity index (χ0n) is 21.7. The van der Waals surface area contributed by atoms with Gasteiger partial charge < -0.3 is 20.5 Å². The summed E-state index contributed by atoms with van der Waals surface area (Å²) in [4.78, 5) is 38.4. The third kappa shape index (κ3) is 6.09. The number of nitrogens with two attached hydrogens (primary N) is 1. The van der Waals surface area contributed by atoms with Crippen molar-refractivity contribution in [3.63, 3.8) is 0 Å². The van der Waals surface area contributed by atoms with E-state index >= 15 is 0 Å². The zero-order valence-corrected chi connectivity index (χ0v) is 22.5. The Morgan fingerprint density at radius 3 is 2.58 bits per heavy atom. The molecule has 0 saturated heterocycles. The van der Waals surface area contributed by atoms with Gasteiger partial charge in [-0.3, -0.25) is 19.0 Å². The third-order valence-electron chi connectivity index (χ3n) is 7.00. The summed E-state index contributed by atoms with van der Waals surface area (Å²) in [6, 6.07) is 12.6. The van der Waals surface area contributed by atoms with E-state index in [2.05, 4.69) is 12.2 Å². The summed E-state index contributed by atoms with van der Waals surface area (Å²) in [5.41, 5.74) is 8.37. The van der Waals surface area contributed by atoms with Crippen LogP contribution in [0, 0.1) is 5.92 Å². The Bertz CT molecular complexity index is 1390. The van der Waals surface area contributed by atoms with Gasteiger partial charge in [0.05, 0.1) is 18.9 Å². The van der Waals surface area contributed by atoms with Gasteiger partial charge in [0, 0.05) is 41.4 Å². The summed E-state index contributed by atoms with van der Waals surface area (Å²) >= 11 is 6.33. The maximum absolute atomic E-state index is 13.5. The van der Waals surface area contributed by atoms with Crippen LogP contribution in [0.4, 0.5) is 5.69 Å². The maximum Gasteiger partial charge on any atom is 0.252 e. The Morgan fingerprint density at radius 1 is 1.18 bits per heavy atom. The molecule has 4 rings (SSSR count). The number of anilines is 1. The van der Waals surface area contributed by atoms with Crippen LogP contribution in [0.15, 0.2) is 59.5 Å². The number of hydrogen-bond donors (Lipinski definition) is 2. The molecule has 3 aromatic rings. The summed E-state index contributed by atoms with van der Waals surface area (Å²) in [6.07, 6.45) is 3.31. The van der Waals surface area contributed by atoms with E-state index in [9.17, 15) is 14.4 Å². The lowest BCUT2D eigenvalue weighted by atomic mass is 9.90. The largest absolute Gasteiger partial charge is 0.491 e. The molecule has 0 spiro atoms. The average molecular weight is 538 g/mol. The number of nitrogens with one attached hydrogen (secondary N) is 1. The van der Waals surface area contributed by atoms with Crippen molar-refractivity contribution in [2.45, 2.75) is 45.3 Å². The van der Waals surface area contributed by atoms with E-state index < -0.39 is 17.9 Å². The van der Waals surface area contributed by atoms with Crippen LogP contribution < -0.4 is 21.3 Å². The lowest BCUT2D eigenvalue weighted by molar-refractivity contribution is -0.120. The highest BCUT2D eigenvalue weighted by atomic mass is 35.5. The van der Waals surface area contributed by atoms with Crippen molar-refractivity contribution in [2.24, 2.45) is 11.7 Å². The van der Waals surface area contributed by atoms with Crippen LogP contribution in [0.5, 0.6) is 5.75 Å². The number of amides is 2. The van der Waals surface area contributed by atoms with Gasteiger partial charge in [0.1, 0.15) is 11.8 Å². The van der Waals surface area contributed by atoms with Gasteiger partial charge in [-0.15, -0.1) is 0 Å². The van der Waals surface area contributed by atoms with Crippen molar-refractivity contribution >= 4 is 29.1 Å². The summed E-state index contributed by atoms with van der Waals surface area (Å²) < 4.78 is 13.1. The number of hydrogen-bond acceptors (Lipinski definition) is 5. The zero-order chi connectivity index (χ0) is 27.4. The molecule has 3 atom stereocenters. The average Bonchev–Trinajstić information content (AvgIpc) is 2.90. The summed E-state index contributed by atoms with van der Waals surface area (Å²) in [5, 5.41) is 3.41. The second-order valence-corrected chi connectivity index (χ2v) is 10.1. The molecule has 0 aliphatic carbocycles. The van der Waals surface area contributed by atoms with Crippen LogP contribution in [-0.2, 0) is 16.0 Å². The molecule has 1 aliphatic rings. The normalized spacial score (nSPS) is 16.2. The fourth-order valence-electron chi connectivity index (χ4n) is 4.62. The van der Waals surface area contributed by atoms with Crippen molar-refractivity contribution in [3.05, 3.63) is 81.2 Å². The Morgan fingerprint density at radius 2 is 1.92 bits per heavy atom. The van der Waals surface area contributed by atoms with Crippen LogP contribution >= 0.6 is 11.6 Å². The first-order chi connectivity index (χ1) is 18.2. The number of ether oxygens (including phenoxy) is 2. The van der Waals surface area contributed by atoms with Crippen molar-refractivity contribution in [2.75, 3.05) is 19.0 Å². The highest BCUT2D eigenvalue weighted by Crippen LogP contribution is 2.37. The molecule has 0 saturated carbocycles. The number of carbonyl (C=O) groups is 2. The monoisotopic (exact) mass is 537 g/mol. The predicted octanol–water partition coefficient (Wildman–Crippen LogP) is 4.83. The molecular formula is C29H32ClN3O5. The van der Waals surface area contributed by atoms with Crippen LogP contribution in [0.2, 0.25) is 5.02 Å². The number of primary amides is 1. The first-order valence-electron chi connectivity index (χ1n) is 12.6. The van der Waals surface area contributed by atoms with Crippen molar-refractivity contribution in [1.82, 2.24) is 4.57 Å². The number of carbonyl (C=O) groups excluding carboxylic acids is 2. The Balaban J connectivity index is 1.75. The van der Waals surface area contributed by atoms with Crippen molar-refractivity contribution in [3.8, 4) is 16.9 Å². The lowest BCUT2D eigenvalue weighted by Gasteiger charge is -2.27. The van der Waals surface area contributed by atoms with Gasteiger partial charge in [-0.2, -0.15) is 0 Å². The molecule has 38 heavy (non-hydrogen) atoms. The minimum absolute atomic E-state index is 0.250. The van der Waals surface area contributed by atoms with Gasteiger partial charge in [0.15, 0.2) is 0 Å². The number of pyridine rings is 1. The highest BCUT2D eigenvalue weighted by Gasteiger charge is 2.27. The molecule has 3 N–H and O–H groups in total. The van der Waals surface area contributed by atoms with Crippen molar-refractivity contribution < 1.29 is 19.1 Å². The topological polar surface area (TPSA) is 113 Å². The van der Waals surface area contributed by atoms with Crippen LogP contribution in [0.25, 0.3) is 11.1 Å². The van der Waals surface area contributed by atoms with Crippen LogP contribution in [-0.4, -0.2) is 36.2 Å². The Hall–Kier alpha value is -3.62. The molecule has 0 fully saturated rings. The van der Waals surface area contributed by atoms with Crippen LogP contribution in [0.3, 0.4) is 0 Å². The number of methoxy groups -OCH3 is 1. The number of benzene rings is 2. The fraction of sp³-hybridized carbons (Fsp3) is 0.345. The Kier molecular flexibility index (Phi) is 8.54. The number of rotatable bonds is 8. The van der Waals surface area contributed by atoms with E-state index in [-0.39, 0.29) is 18.1 Å². The smallest absolute Gasteiger partial charge is 0.252 e. The molecule has 1 aromatic heterocycles. The van der Waals surface area contributed by atoms with Gasteiger partial charge in [-0.25, -0.2) is 0 Å². The number of fused-ring (bicyclic) bond motifs is 3. The van der Waals surface area contributed by atoms with Gasteiger partial charge in [-0.1, -0.05) is 24.6 Å². The molecule has 9 heteroatoms. The predicted molar refractivity (Wildman–Crippen MR) is 148 cm³/mol. The van der Waals surface area contributed by atoms with E-state index in [1.54, 1.807) is 25.4 Å². The third-order valence-corrected chi connectivity index (χ3v) is 7.23. The highest BCUT2D eigenvalue weighted by molar-refractivity contribution is 6.30. The van der Waals surface area contributed by atoms with Gasteiger partial charge >= 0.3 is 0 Å². The number of halogens is 1. The van der Waals surface area contributed by atoms with E-state index in [0.717, 1.165) is 24.0 Å². The SMILES string of the molecule is CC[C@H]1COc2cn([C@@H](C[C@H](C)OC)C(=O)Nc3ccc(C(N)=O)cc3)c(=O)cc2-c2cc(Cl)ccc2C1. The minimum Gasteiger partial charge on any atom is -0.491 e. The Labute approximate surface area is 226 Å². The van der Waals surface area contributed by atoms with Gasteiger partial charge in [0.25, 0.3) is 5.56 Å². The summed E-state index contributed by atoms with van der Waals surface area (Å²) in [5.74, 6) is -0.155. The number of nitrogens with zero attached hydrogens (tertiary/aromatic N) is 1. The number of aromatic nitrogens is 1.